The van der Waals surface area contributed by atoms with Gasteiger partial charge in [0, 0.05) is 0 Å². The van der Waals surface area contributed by atoms with E-state index in [0.29, 0.717) is 0 Å². The van der Waals surface area contributed by atoms with Gasteiger partial charge >= 0.3 is 0 Å². The number of phenols is 1. The van der Waals surface area contributed by atoms with Crippen molar-refractivity contribution in [3.63, 3.8) is 0 Å². The van der Waals surface area contributed by atoms with E-state index in [2.05, 4.69) is 6.58 Å². The molecule has 0 radical (unpaired) electrons. The van der Waals surface area contributed by atoms with Gasteiger partial charge in [-0.25, -0.2) is 0 Å². The molecule has 3 nitrogen and oxygen atoms in total. The maximum absolute atomic E-state index is 11.0. The number of para-hydroxylation sites is 1. The summed E-state index contributed by atoms with van der Waals surface area (Å²) in [7, 11) is 0. The molecule has 0 aliphatic carbocycles. The topological polar surface area (TPSA) is 57.5 Å². The molecule has 1 rings (SSSR count). The van der Waals surface area contributed by atoms with Crippen molar-refractivity contribution in [2.24, 2.45) is 0 Å². The van der Waals surface area contributed by atoms with E-state index in [9.17, 15) is 9.90 Å². The number of carbonyl (C=O) groups is 1. The third-order valence-electron chi connectivity index (χ3n) is 1.73. The number of hydrogen-bond donors (Lipinski definition) is 2. The highest BCUT2D eigenvalue weighted by Crippen LogP contribution is 2.26. The number of aromatic hydroxyl groups is 1. The summed E-state index contributed by atoms with van der Waals surface area (Å²) in [5, 5.41) is 18.5. The van der Waals surface area contributed by atoms with Crippen LogP contribution >= 0.6 is 0 Å². The first-order valence-corrected chi connectivity index (χ1v) is 3.75. The van der Waals surface area contributed by atoms with Gasteiger partial charge < -0.3 is 10.2 Å². The SMILES string of the molecule is C=C(O)c1cccc(C(C)=O)c1O. The molecule has 0 unspecified atom stereocenters. The lowest BCUT2D eigenvalue weighted by Gasteiger charge is -2.05. The first kappa shape index (κ1) is 9.32. The predicted octanol–water partition coefficient (Wildman–Crippen LogP) is 2.12. The smallest absolute Gasteiger partial charge is 0.163 e. The Morgan fingerprint density at radius 1 is 1.38 bits per heavy atom. The Labute approximate surface area is 76.0 Å². The van der Waals surface area contributed by atoms with Crippen LogP contribution in [0.3, 0.4) is 0 Å². The molecule has 0 aliphatic rings. The quantitative estimate of drug-likeness (QED) is 0.538. The van der Waals surface area contributed by atoms with Crippen molar-refractivity contribution in [3.05, 3.63) is 35.9 Å². The summed E-state index contributed by atoms with van der Waals surface area (Å²) in [5.41, 5.74) is 0.375. The maximum atomic E-state index is 11.0. The second-order valence-corrected chi connectivity index (χ2v) is 2.70. The van der Waals surface area contributed by atoms with Gasteiger partial charge in [0.1, 0.15) is 11.5 Å². The lowest BCUT2D eigenvalue weighted by atomic mass is 10.1. The number of carbonyl (C=O) groups excluding carboxylic acids is 1. The fourth-order valence-corrected chi connectivity index (χ4v) is 1.06. The van der Waals surface area contributed by atoms with Crippen LogP contribution in [0, 0.1) is 0 Å². The predicted molar refractivity (Wildman–Crippen MR) is 49.8 cm³/mol. The van der Waals surface area contributed by atoms with Gasteiger partial charge in [-0.15, -0.1) is 0 Å². The Morgan fingerprint density at radius 2 is 1.92 bits per heavy atom. The number of rotatable bonds is 2. The van der Waals surface area contributed by atoms with Crippen molar-refractivity contribution in [2.75, 3.05) is 0 Å². The molecule has 0 atom stereocenters. The number of aliphatic hydroxyl groups is 1. The van der Waals surface area contributed by atoms with Gasteiger partial charge in [-0.3, -0.25) is 4.79 Å². The largest absolute Gasteiger partial charge is 0.508 e. The highest BCUT2D eigenvalue weighted by molar-refractivity contribution is 5.98. The number of Topliss-reactive ketones (excluding diaryl/α,β-unsaturated/α-hetero) is 1. The third kappa shape index (κ3) is 1.69. The van der Waals surface area contributed by atoms with Gasteiger partial charge in [0.15, 0.2) is 5.78 Å². The van der Waals surface area contributed by atoms with Crippen molar-refractivity contribution < 1.29 is 15.0 Å². The van der Waals surface area contributed by atoms with E-state index in [4.69, 9.17) is 5.11 Å². The van der Waals surface area contributed by atoms with Crippen LogP contribution in [0.4, 0.5) is 0 Å². The van der Waals surface area contributed by atoms with Crippen LogP contribution in [-0.2, 0) is 0 Å². The highest BCUT2D eigenvalue weighted by Gasteiger charge is 2.11. The second kappa shape index (κ2) is 3.31. The Bertz CT molecular complexity index is 334. The van der Waals surface area contributed by atoms with Gasteiger partial charge in [0.2, 0.25) is 0 Å². The van der Waals surface area contributed by atoms with E-state index in [1.807, 2.05) is 0 Å². The maximum Gasteiger partial charge on any atom is 0.163 e. The summed E-state index contributed by atoms with van der Waals surface area (Å²) in [6, 6.07) is 4.56. The van der Waals surface area contributed by atoms with Crippen LogP contribution in [0.25, 0.3) is 5.76 Å². The number of hydrogen-bond acceptors (Lipinski definition) is 3. The Balaban J connectivity index is 3.35. The van der Waals surface area contributed by atoms with Crippen LogP contribution < -0.4 is 0 Å². The zero-order valence-electron chi connectivity index (χ0n) is 7.24. The van der Waals surface area contributed by atoms with E-state index in [0.717, 1.165) is 0 Å². The van der Waals surface area contributed by atoms with Crippen molar-refractivity contribution in [3.8, 4) is 5.75 Å². The lowest BCUT2D eigenvalue weighted by molar-refractivity contribution is 0.101. The minimum atomic E-state index is -0.249. The van der Waals surface area contributed by atoms with Gasteiger partial charge in [-0.2, -0.15) is 0 Å². The van der Waals surface area contributed by atoms with Crippen LogP contribution in [0.1, 0.15) is 22.8 Å². The average molecular weight is 178 g/mol. The van der Waals surface area contributed by atoms with Crippen LogP contribution in [-0.4, -0.2) is 16.0 Å². The first-order valence-electron chi connectivity index (χ1n) is 3.75. The second-order valence-electron chi connectivity index (χ2n) is 2.70. The summed E-state index contributed by atoms with van der Waals surface area (Å²) in [6.45, 7) is 4.62. The fourth-order valence-electron chi connectivity index (χ4n) is 1.06. The van der Waals surface area contributed by atoms with E-state index < -0.39 is 0 Å². The Kier molecular flexibility index (Phi) is 2.37. The van der Waals surface area contributed by atoms with Gasteiger partial charge in [0.05, 0.1) is 11.1 Å². The summed E-state index contributed by atoms with van der Waals surface area (Å²) < 4.78 is 0. The molecule has 0 bridgehead atoms. The standard InChI is InChI=1S/C10H10O3/c1-6(11)8-4-3-5-9(7(2)12)10(8)13/h3-5,11,13H,1H2,2H3. The molecule has 0 heterocycles. The molecule has 0 fully saturated rings. The molecular formula is C10H10O3. The van der Waals surface area contributed by atoms with E-state index in [-0.39, 0.29) is 28.4 Å². The van der Waals surface area contributed by atoms with Crippen molar-refractivity contribution in [1.82, 2.24) is 0 Å². The minimum Gasteiger partial charge on any atom is -0.508 e. The number of aliphatic hydroxyl groups excluding tert-OH is 1. The molecule has 68 valence electrons. The van der Waals surface area contributed by atoms with Gasteiger partial charge in [-0.1, -0.05) is 12.6 Å². The molecule has 0 saturated carbocycles. The molecule has 13 heavy (non-hydrogen) atoms. The molecule has 2 N–H and O–H groups in total. The molecular weight excluding hydrogens is 168 g/mol. The van der Waals surface area contributed by atoms with Crippen molar-refractivity contribution in [2.45, 2.75) is 6.92 Å². The zero-order valence-corrected chi connectivity index (χ0v) is 7.24. The molecule has 1 aromatic carbocycles. The third-order valence-corrected chi connectivity index (χ3v) is 1.73. The summed E-state index contributed by atoms with van der Waals surface area (Å²) in [6.07, 6.45) is 0. The minimum absolute atomic E-state index is 0.188. The van der Waals surface area contributed by atoms with Gasteiger partial charge in [-0.05, 0) is 19.1 Å². The van der Waals surface area contributed by atoms with E-state index >= 15 is 0 Å². The molecule has 0 aliphatic heterocycles. The molecule has 0 spiro atoms. The Hall–Kier alpha value is -1.77. The number of ketones is 1. The normalized spacial score (nSPS) is 9.62. The summed E-state index contributed by atoms with van der Waals surface area (Å²) in [5.74, 6) is -0.719. The van der Waals surface area contributed by atoms with Gasteiger partial charge in [0.25, 0.3) is 0 Å². The first-order chi connectivity index (χ1) is 6.04. The molecule has 1 aromatic rings. The average Bonchev–Trinajstić information content (AvgIpc) is 2.03. The van der Waals surface area contributed by atoms with Crippen molar-refractivity contribution in [1.29, 1.82) is 0 Å². The van der Waals surface area contributed by atoms with E-state index in [1.54, 1.807) is 6.07 Å². The molecule has 0 saturated heterocycles. The lowest BCUT2D eigenvalue weighted by Crippen LogP contribution is -1.95. The summed E-state index contributed by atoms with van der Waals surface area (Å²) in [4.78, 5) is 11.0. The highest BCUT2D eigenvalue weighted by atomic mass is 16.3. The molecule has 0 amide bonds. The Morgan fingerprint density at radius 3 is 2.38 bits per heavy atom. The number of benzene rings is 1. The molecule has 0 aromatic heterocycles. The number of phenolic OH excluding ortho intramolecular Hbond substituents is 1. The molecule has 3 heteroatoms. The van der Waals surface area contributed by atoms with Crippen molar-refractivity contribution >= 4 is 11.5 Å². The summed E-state index contributed by atoms with van der Waals surface area (Å²) >= 11 is 0. The monoisotopic (exact) mass is 178 g/mol. The van der Waals surface area contributed by atoms with Crippen LogP contribution in [0.5, 0.6) is 5.75 Å². The van der Waals surface area contributed by atoms with E-state index in [1.165, 1.54) is 19.1 Å². The van der Waals surface area contributed by atoms with Crippen LogP contribution in [0.15, 0.2) is 24.8 Å². The zero-order chi connectivity index (χ0) is 10.0. The fraction of sp³-hybridized carbons (Fsp3) is 0.100. The van der Waals surface area contributed by atoms with Crippen LogP contribution in [0.2, 0.25) is 0 Å².